The number of hydrogen-bond donors (Lipinski definition) is 2. The molecule has 4 rings (SSSR count). The molecule has 7 nitrogen and oxygen atoms in total. The zero-order valence-corrected chi connectivity index (χ0v) is 21.6. The number of carboxylic acids is 1. The zero-order chi connectivity index (χ0) is 26.9. The number of benzene rings is 3. The molecule has 38 heavy (non-hydrogen) atoms. The first-order valence-corrected chi connectivity index (χ1v) is 13.1. The quantitative estimate of drug-likeness (QED) is 0.335. The Balaban J connectivity index is 1.37. The summed E-state index contributed by atoms with van der Waals surface area (Å²) in [5.41, 5.74) is 5.51. The number of rotatable bonds is 12. The molecule has 0 spiro atoms. The van der Waals surface area contributed by atoms with Gasteiger partial charge in [-0.2, -0.15) is 0 Å². The lowest BCUT2D eigenvalue weighted by Crippen LogP contribution is -2.42. The van der Waals surface area contributed by atoms with E-state index in [-0.39, 0.29) is 37.9 Å². The van der Waals surface area contributed by atoms with Crippen LogP contribution in [0.15, 0.2) is 78.9 Å². The van der Waals surface area contributed by atoms with Gasteiger partial charge in [-0.15, -0.1) is 0 Å². The molecule has 1 unspecified atom stereocenters. The van der Waals surface area contributed by atoms with Crippen LogP contribution < -0.4 is 5.32 Å². The summed E-state index contributed by atoms with van der Waals surface area (Å²) in [7, 11) is 0. The van der Waals surface area contributed by atoms with Gasteiger partial charge >= 0.3 is 12.1 Å². The average molecular weight is 515 g/mol. The van der Waals surface area contributed by atoms with Crippen molar-refractivity contribution in [3.05, 3.63) is 95.6 Å². The number of carbonyl (C=O) groups excluding carboxylic acids is 2. The molecule has 0 saturated carbocycles. The molecule has 1 aliphatic carbocycles. The van der Waals surface area contributed by atoms with Gasteiger partial charge in [-0.05, 0) is 34.2 Å². The van der Waals surface area contributed by atoms with Crippen LogP contribution in [0.2, 0.25) is 0 Å². The molecule has 3 aromatic carbocycles. The number of ether oxygens (including phenoxy) is 1. The van der Waals surface area contributed by atoms with Crippen LogP contribution in [0, 0.1) is 5.92 Å². The number of carbonyl (C=O) groups is 3. The summed E-state index contributed by atoms with van der Waals surface area (Å²) in [5, 5.41) is 12.0. The fraction of sp³-hybridized carbons (Fsp3) is 0.323. The lowest BCUT2D eigenvalue weighted by Gasteiger charge is -2.27. The molecule has 7 heteroatoms. The molecule has 2 N–H and O–H groups in total. The fourth-order valence-electron chi connectivity index (χ4n) is 5.08. The highest BCUT2D eigenvalue weighted by atomic mass is 16.5. The predicted molar refractivity (Wildman–Crippen MR) is 146 cm³/mol. The molecule has 198 valence electrons. The van der Waals surface area contributed by atoms with Gasteiger partial charge in [0.1, 0.15) is 6.61 Å². The molecule has 0 aromatic heterocycles. The molecule has 0 saturated heterocycles. The summed E-state index contributed by atoms with van der Waals surface area (Å²) in [6.45, 7) is 2.73. The molecule has 1 atom stereocenters. The van der Waals surface area contributed by atoms with E-state index < -0.39 is 18.0 Å². The third kappa shape index (κ3) is 6.59. The number of hydrogen-bond acceptors (Lipinski definition) is 4. The number of carboxylic acid groups (broad SMARTS) is 1. The van der Waals surface area contributed by atoms with Gasteiger partial charge in [-0.1, -0.05) is 92.2 Å². The van der Waals surface area contributed by atoms with Crippen LogP contribution in [0.5, 0.6) is 0 Å². The number of aliphatic carboxylic acids is 1. The highest BCUT2D eigenvalue weighted by Gasteiger charge is 2.29. The number of amides is 2. The molecule has 0 radical (unpaired) electrons. The highest BCUT2D eigenvalue weighted by Crippen LogP contribution is 2.44. The van der Waals surface area contributed by atoms with Crippen molar-refractivity contribution in [1.82, 2.24) is 10.2 Å². The Hall–Kier alpha value is -4.13. The van der Waals surface area contributed by atoms with Crippen molar-refractivity contribution in [2.45, 2.75) is 38.6 Å². The Morgan fingerprint density at radius 3 is 2.13 bits per heavy atom. The number of alkyl carbamates (subject to hydrolysis) is 1. The van der Waals surface area contributed by atoms with Crippen molar-refractivity contribution in [2.24, 2.45) is 5.92 Å². The monoisotopic (exact) mass is 514 g/mol. The lowest BCUT2D eigenvalue weighted by atomic mass is 9.98. The summed E-state index contributed by atoms with van der Waals surface area (Å²) in [5.74, 6) is -1.65. The average Bonchev–Trinajstić information content (AvgIpc) is 3.26. The maximum atomic E-state index is 13.4. The second kappa shape index (κ2) is 12.9. The van der Waals surface area contributed by atoms with Gasteiger partial charge in [0.25, 0.3) is 0 Å². The van der Waals surface area contributed by atoms with E-state index in [1.165, 1.54) is 0 Å². The summed E-state index contributed by atoms with van der Waals surface area (Å²) in [4.78, 5) is 38.9. The van der Waals surface area contributed by atoms with E-state index in [4.69, 9.17) is 4.74 Å². The van der Waals surface area contributed by atoms with Crippen LogP contribution >= 0.6 is 0 Å². The molecule has 0 bridgehead atoms. The van der Waals surface area contributed by atoms with Crippen molar-refractivity contribution in [1.29, 1.82) is 0 Å². The van der Waals surface area contributed by atoms with Crippen molar-refractivity contribution >= 4 is 18.0 Å². The number of fused-ring (bicyclic) bond motifs is 3. The third-order valence-electron chi connectivity index (χ3n) is 6.95. The van der Waals surface area contributed by atoms with Gasteiger partial charge in [-0.3, -0.25) is 9.59 Å². The molecule has 2 amide bonds. The molecule has 0 aliphatic heterocycles. The standard InChI is InChI=1S/C31H34N2O5/c1-2-10-23(30(36)33(18-17-29(34)35)20-22-11-4-3-5-12-22)19-32-31(37)38-21-28-26-15-8-6-13-24(26)25-14-7-9-16-27(25)28/h3-9,11-16,23,28H,2,10,17-21H2,1H3,(H,32,37)(H,34,35). The Kier molecular flexibility index (Phi) is 9.14. The first-order valence-electron chi connectivity index (χ1n) is 13.1. The maximum absolute atomic E-state index is 13.4. The number of nitrogens with zero attached hydrogens (tertiary/aromatic N) is 1. The topological polar surface area (TPSA) is 95.9 Å². The minimum absolute atomic E-state index is 0.0430. The second-order valence-electron chi connectivity index (χ2n) is 9.58. The first-order chi connectivity index (χ1) is 18.5. The van der Waals surface area contributed by atoms with E-state index in [9.17, 15) is 19.5 Å². The van der Waals surface area contributed by atoms with Crippen LogP contribution in [0.4, 0.5) is 4.79 Å². The smallest absolute Gasteiger partial charge is 0.407 e. The predicted octanol–water partition coefficient (Wildman–Crippen LogP) is 5.44. The van der Waals surface area contributed by atoms with Gasteiger partial charge in [0, 0.05) is 25.6 Å². The van der Waals surface area contributed by atoms with Crippen LogP contribution in [0.25, 0.3) is 11.1 Å². The van der Waals surface area contributed by atoms with Gasteiger partial charge < -0.3 is 20.1 Å². The van der Waals surface area contributed by atoms with Crippen molar-refractivity contribution < 1.29 is 24.2 Å². The van der Waals surface area contributed by atoms with Crippen LogP contribution in [-0.2, 0) is 20.9 Å². The summed E-state index contributed by atoms with van der Waals surface area (Å²) < 4.78 is 5.63. The van der Waals surface area contributed by atoms with Crippen LogP contribution in [0.3, 0.4) is 0 Å². The Bertz CT molecular complexity index is 1210. The van der Waals surface area contributed by atoms with Gasteiger partial charge in [0.15, 0.2) is 0 Å². The van der Waals surface area contributed by atoms with Gasteiger partial charge in [0.05, 0.1) is 12.3 Å². The number of nitrogens with one attached hydrogen (secondary N) is 1. The maximum Gasteiger partial charge on any atom is 0.407 e. The molecule has 3 aromatic rings. The summed E-state index contributed by atoms with van der Waals surface area (Å²) >= 11 is 0. The fourth-order valence-corrected chi connectivity index (χ4v) is 5.08. The van der Waals surface area contributed by atoms with E-state index in [0.29, 0.717) is 13.0 Å². The zero-order valence-electron chi connectivity index (χ0n) is 21.6. The minimum atomic E-state index is -0.959. The van der Waals surface area contributed by atoms with E-state index in [1.54, 1.807) is 4.90 Å². The second-order valence-corrected chi connectivity index (χ2v) is 9.58. The Labute approximate surface area is 223 Å². The van der Waals surface area contributed by atoms with E-state index in [2.05, 4.69) is 29.6 Å². The molecule has 1 aliphatic rings. The summed E-state index contributed by atoms with van der Waals surface area (Å²) in [6.07, 6.45) is 0.611. The van der Waals surface area contributed by atoms with E-state index >= 15 is 0 Å². The molecule has 0 fully saturated rings. The first kappa shape index (κ1) is 26.9. The van der Waals surface area contributed by atoms with Gasteiger partial charge in [0.2, 0.25) is 5.91 Å². The van der Waals surface area contributed by atoms with Crippen molar-refractivity contribution in [3.63, 3.8) is 0 Å². The molecular formula is C31H34N2O5. The SMILES string of the molecule is CCCC(CNC(=O)OCC1c2ccccc2-c2ccccc21)C(=O)N(CCC(=O)O)Cc1ccccc1. The Morgan fingerprint density at radius 2 is 1.53 bits per heavy atom. The molecular weight excluding hydrogens is 480 g/mol. The lowest BCUT2D eigenvalue weighted by molar-refractivity contribution is -0.140. The summed E-state index contributed by atoms with van der Waals surface area (Å²) in [6, 6.07) is 25.8. The largest absolute Gasteiger partial charge is 0.481 e. The third-order valence-corrected chi connectivity index (χ3v) is 6.95. The van der Waals surface area contributed by atoms with Gasteiger partial charge in [-0.25, -0.2) is 4.79 Å². The van der Waals surface area contributed by atoms with Crippen LogP contribution in [0.1, 0.15) is 48.8 Å². The highest BCUT2D eigenvalue weighted by molar-refractivity contribution is 5.81. The van der Waals surface area contributed by atoms with Crippen molar-refractivity contribution in [3.8, 4) is 11.1 Å². The minimum Gasteiger partial charge on any atom is -0.481 e. The van der Waals surface area contributed by atoms with Crippen LogP contribution in [-0.4, -0.2) is 47.7 Å². The van der Waals surface area contributed by atoms with E-state index in [1.807, 2.05) is 61.5 Å². The van der Waals surface area contributed by atoms with Crippen molar-refractivity contribution in [2.75, 3.05) is 19.7 Å². The Morgan fingerprint density at radius 1 is 0.921 bits per heavy atom. The normalized spacial score (nSPS) is 12.8. The molecule has 0 heterocycles. The van der Waals surface area contributed by atoms with E-state index in [0.717, 1.165) is 34.2 Å².